The lowest BCUT2D eigenvalue weighted by molar-refractivity contribution is 0.258. The number of aryl methyl sites for hydroxylation is 1. The molecule has 0 aromatic heterocycles. The highest BCUT2D eigenvalue weighted by atomic mass is 79.9. The second-order valence-corrected chi connectivity index (χ2v) is 6.84. The van der Waals surface area contributed by atoms with Gasteiger partial charge < -0.3 is 10.1 Å². The fourth-order valence-corrected chi connectivity index (χ4v) is 2.85. The molecule has 0 spiro atoms. The number of nitrogens with one attached hydrogen (secondary N) is 1. The first-order chi connectivity index (χ1) is 8.88. The van der Waals surface area contributed by atoms with Gasteiger partial charge in [0.05, 0.1) is 11.6 Å². The Kier molecular flexibility index (Phi) is 6.34. The van der Waals surface area contributed by atoms with E-state index in [9.17, 15) is 0 Å². The third-order valence-electron chi connectivity index (χ3n) is 3.43. The van der Waals surface area contributed by atoms with E-state index in [1.54, 1.807) is 7.11 Å². The average molecular weight is 328 g/mol. The van der Waals surface area contributed by atoms with Crippen LogP contribution in [0.15, 0.2) is 22.7 Å². The van der Waals surface area contributed by atoms with E-state index in [4.69, 9.17) is 4.74 Å². The number of halogens is 1. The monoisotopic (exact) mass is 327 g/mol. The zero-order valence-corrected chi connectivity index (χ0v) is 14.3. The molecule has 1 aromatic carbocycles. The van der Waals surface area contributed by atoms with Crippen LogP contribution in [0.2, 0.25) is 0 Å². The molecule has 2 nitrogen and oxygen atoms in total. The van der Waals surface area contributed by atoms with E-state index in [1.807, 2.05) is 6.07 Å². The lowest BCUT2D eigenvalue weighted by Gasteiger charge is -2.31. The Balaban J connectivity index is 2.66. The molecule has 0 aliphatic rings. The fraction of sp³-hybridized carbons (Fsp3) is 0.625. The predicted molar refractivity (Wildman–Crippen MR) is 85.9 cm³/mol. The van der Waals surface area contributed by atoms with Crippen LogP contribution in [-0.4, -0.2) is 19.7 Å². The third kappa shape index (κ3) is 5.15. The highest BCUT2D eigenvalue weighted by Crippen LogP contribution is 2.28. The van der Waals surface area contributed by atoms with E-state index in [-0.39, 0.29) is 0 Å². The molecule has 0 radical (unpaired) electrons. The van der Waals surface area contributed by atoms with E-state index >= 15 is 0 Å². The van der Waals surface area contributed by atoms with Crippen LogP contribution in [0.1, 0.15) is 39.7 Å². The van der Waals surface area contributed by atoms with E-state index in [1.165, 1.54) is 5.56 Å². The van der Waals surface area contributed by atoms with Gasteiger partial charge in [-0.2, -0.15) is 0 Å². The van der Waals surface area contributed by atoms with Gasteiger partial charge >= 0.3 is 0 Å². The molecular formula is C16H26BrNO. The van der Waals surface area contributed by atoms with Crippen molar-refractivity contribution in [2.24, 2.45) is 5.41 Å². The molecule has 0 aliphatic carbocycles. The van der Waals surface area contributed by atoms with Crippen LogP contribution in [0, 0.1) is 5.41 Å². The van der Waals surface area contributed by atoms with Gasteiger partial charge in [0.25, 0.3) is 0 Å². The van der Waals surface area contributed by atoms with E-state index in [0.29, 0.717) is 11.5 Å². The van der Waals surface area contributed by atoms with Crippen molar-refractivity contribution < 1.29 is 4.74 Å². The maximum Gasteiger partial charge on any atom is 0.133 e. The molecule has 1 unspecified atom stereocenters. The largest absolute Gasteiger partial charge is 0.496 e. The summed E-state index contributed by atoms with van der Waals surface area (Å²) in [6, 6.07) is 6.87. The maximum atomic E-state index is 5.26. The van der Waals surface area contributed by atoms with Crippen LogP contribution in [0.4, 0.5) is 0 Å². The van der Waals surface area contributed by atoms with E-state index in [0.717, 1.165) is 29.6 Å². The molecule has 108 valence electrons. The Morgan fingerprint density at radius 2 is 2.00 bits per heavy atom. The molecular weight excluding hydrogens is 302 g/mol. The van der Waals surface area contributed by atoms with Gasteiger partial charge in [-0.05, 0) is 58.4 Å². The SMILES string of the molecule is CCNC(CCc1ccc(OC)c(Br)c1)C(C)(C)C. The highest BCUT2D eigenvalue weighted by Gasteiger charge is 2.23. The molecule has 0 saturated carbocycles. The Morgan fingerprint density at radius 1 is 1.32 bits per heavy atom. The van der Waals surface area contributed by atoms with Crippen LogP contribution in [0.25, 0.3) is 0 Å². The number of ether oxygens (including phenoxy) is 1. The van der Waals surface area contributed by atoms with Crippen molar-refractivity contribution in [3.63, 3.8) is 0 Å². The average Bonchev–Trinajstić information content (AvgIpc) is 2.33. The normalized spacial score (nSPS) is 13.4. The molecule has 19 heavy (non-hydrogen) atoms. The van der Waals surface area contributed by atoms with Crippen molar-refractivity contribution in [2.45, 2.75) is 46.6 Å². The van der Waals surface area contributed by atoms with Gasteiger partial charge in [-0.3, -0.25) is 0 Å². The summed E-state index contributed by atoms with van der Waals surface area (Å²) in [6.07, 6.45) is 2.23. The Bertz CT molecular complexity index is 398. The molecule has 0 aliphatic heterocycles. The first-order valence-corrected chi connectivity index (χ1v) is 7.73. The van der Waals surface area contributed by atoms with Crippen molar-refractivity contribution >= 4 is 15.9 Å². The molecule has 3 heteroatoms. The van der Waals surface area contributed by atoms with Crippen molar-refractivity contribution in [3.05, 3.63) is 28.2 Å². The Hall–Kier alpha value is -0.540. The van der Waals surface area contributed by atoms with E-state index in [2.05, 4.69) is 61.1 Å². The molecule has 0 bridgehead atoms. The summed E-state index contributed by atoms with van der Waals surface area (Å²) >= 11 is 3.54. The van der Waals surface area contributed by atoms with Gasteiger partial charge in [-0.1, -0.05) is 33.8 Å². The summed E-state index contributed by atoms with van der Waals surface area (Å²) in [4.78, 5) is 0. The molecule has 0 fully saturated rings. The van der Waals surface area contributed by atoms with Crippen LogP contribution < -0.4 is 10.1 Å². The topological polar surface area (TPSA) is 21.3 Å². The number of hydrogen-bond acceptors (Lipinski definition) is 2. The van der Waals surface area contributed by atoms with Gasteiger partial charge in [-0.25, -0.2) is 0 Å². The first kappa shape index (κ1) is 16.5. The van der Waals surface area contributed by atoms with Crippen molar-refractivity contribution in [3.8, 4) is 5.75 Å². The standard InChI is InChI=1S/C16H26BrNO/c1-6-18-15(16(2,3)4)10-8-12-7-9-14(19-5)13(17)11-12/h7,9,11,15,18H,6,8,10H2,1-5H3. The van der Waals surface area contributed by atoms with Crippen LogP contribution in [0.3, 0.4) is 0 Å². The molecule has 0 heterocycles. The van der Waals surface area contributed by atoms with E-state index < -0.39 is 0 Å². The molecule has 1 rings (SSSR count). The number of benzene rings is 1. The zero-order valence-electron chi connectivity index (χ0n) is 12.7. The Labute approximate surface area is 126 Å². The predicted octanol–water partition coefficient (Wildman–Crippen LogP) is 4.41. The lowest BCUT2D eigenvalue weighted by atomic mass is 9.83. The van der Waals surface area contributed by atoms with Crippen molar-refractivity contribution in [2.75, 3.05) is 13.7 Å². The van der Waals surface area contributed by atoms with Gasteiger partial charge in [0.2, 0.25) is 0 Å². The minimum Gasteiger partial charge on any atom is -0.496 e. The summed E-state index contributed by atoms with van der Waals surface area (Å²) in [5.41, 5.74) is 1.64. The molecule has 0 saturated heterocycles. The van der Waals surface area contributed by atoms with Gasteiger partial charge in [-0.15, -0.1) is 0 Å². The fourth-order valence-electron chi connectivity index (χ4n) is 2.26. The Morgan fingerprint density at radius 3 is 2.47 bits per heavy atom. The van der Waals surface area contributed by atoms with Crippen molar-refractivity contribution in [1.29, 1.82) is 0 Å². The van der Waals surface area contributed by atoms with Gasteiger partial charge in [0.15, 0.2) is 0 Å². The van der Waals surface area contributed by atoms with Gasteiger partial charge in [0.1, 0.15) is 5.75 Å². The zero-order chi connectivity index (χ0) is 14.5. The van der Waals surface area contributed by atoms with Crippen molar-refractivity contribution in [1.82, 2.24) is 5.32 Å². The first-order valence-electron chi connectivity index (χ1n) is 6.94. The summed E-state index contributed by atoms with van der Waals surface area (Å²) in [5, 5.41) is 3.59. The summed E-state index contributed by atoms with van der Waals surface area (Å²) in [6.45, 7) is 10.1. The maximum absolute atomic E-state index is 5.26. The smallest absolute Gasteiger partial charge is 0.133 e. The minimum absolute atomic E-state index is 0.291. The molecule has 1 atom stereocenters. The second kappa shape index (κ2) is 7.30. The number of hydrogen-bond donors (Lipinski definition) is 1. The second-order valence-electron chi connectivity index (χ2n) is 5.98. The summed E-state index contributed by atoms with van der Waals surface area (Å²) in [5.74, 6) is 0.891. The van der Waals surface area contributed by atoms with Crippen LogP contribution in [0.5, 0.6) is 5.75 Å². The van der Waals surface area contributed by atoms with Crippen LogP contribution >= 0.6 is 15.9 Å². The number of rotatable bonds is 6. The molecule has 0 amide bonds. The summed E-state index contributed by atoms with van der Waals surface area (Å²) < 4.78 is 6.29. The third-order valence-corrected chi connectivity index (χ3v) is 4.05. The number of methoxy groups -OCH3 is 1. The molecule has 1 N–H and O–H groups in total. The van der Waals surface area contributed by atoms with Crippen LogP contribution in [-0.2, 0) is 6.42 Å². The van der Waals surface area contributed by atoms with Gasteiger partial charge in [0, 0.05) is 6.04 Å². The highest BCUT2D eigenvalue weighted by molar-refractivity contribution is 9.10. The minimum atomic E-state index is 0.291. The molecule has 1 aromatic rings. The quantitative estimate of drug-likeness (QED) is 0.835. The summed E-state index contributed by atoms with van der Waals surface area (Å²) in [7, 11) is 1.70. The lowest BCUT2D eigenvalue weighted by Crippen LogP contribution is -2.40.